The number of ether oxygens (including phenoxy) is 2. The molecule has 0 aliphatic carbocycles. The van der Waals surface area contributed by atoms with E-state index in [1.165, 1.54) is 17.3 Å². The normalized spacial score (nSPS) is 13.8. The number of nitrogens with zero attached hydrogens (tertiary/aromatic N) is 1. The molecule has 31 heavy (non-hydrogen) atoms. The Morgan fingerprint density at radius 3 is 1.97 bits per heavy atom. The van der Waals surface area contributed by atoms with Crippen LogP contribution in [0.15, 0.2) is 82.6 Å². The molecule has 0 bridgehead atoms. The summed E-state index contributed by atoms with van der Waals surface area (Å²) >= 11 is 3.36. The average molecular weight is 484 g/mol. The van der Waals surface area contributed by atoms with Gasteiger partial charge in [0.2, 0.25) is 0 Å². The molecule has 0 fully saturated rings. The minimum atomic E-state index is -0.717. The minimum Gasteiger partial charge on any atom is -0.463 e. The van der Waals surface area contributed by atoms with Crippen LogP contribution in [0.5, 0.6) is 0 Å². The lowest BCUT2D eigenvalue weighted by molar-refractivity contribution is -0.139. The molecule has 1 aliphatic heterocycles. The molecule has 0 unspecified atom stereocenters. The molecule has 0 spiro atoms. The molecule has 6 nitrogen and oxygen atoms in total. The molecule has 0 saturated heterocycles. The van der Waals surface area contributed by atoms with Crippen LogP contribution in [0.2, 0.25) is 0 Å². The van der Waals surface area contributed by atoms with Crippen molar-refractivity contribution in [3.8, 4) is 0 Å². The summed E-state index contributed by atoms with van der Waals surface area (Å²) in [4.78, 5) is 40.1. The van der Waals surface area contributed by atoms with Crippen LogP contribution < -0.4 is 0 Å². The summed E-state index contributed by atoms with van der Waals surface area (Å²) in [5.41, 5.74) is 1.48. The van der Waals surface area contributed by atoms with Crippen molar-refractivity contribution in [2.24, 2.45) is 0 Å². The van der Waals surface area contributed by atoms with E-state index < -0.39 is 23.8 Å². The molecule has 0 N–H and O–H groups in total. The molecule has 2 aromatic rings. The van der Waals surface area contributed by atoms with Gasteiger partial charge in [-0.1, -0.05) is 52.3 Å². The van der Waals surface area contributed by atoms with Gasteiger partial charge < -0.3 is 9.47 Å². The number of benzene rings is 2. The van der Waals surface area contributed by atoms with E-state index in [9.17, 15) is 14.4 Å². The summed E-state index contributed by atoms with van der Waals surface area (Å²) in [5.74, 6) is -2.31. The second-order valence-electron chi connectivity index (χ2n) is 6.68. The molecule has 2 aromatic carbocycles. The maximum Gasteiger partial charge on any atom is 0.336 e. The van der Waals surface area contributed by atoms with E-state index in [4.69, 9.17) is 9.47 Å². The van der Waals surface area contributed by atoms with Gasteiger partial charge in [0.1, 0.15) is 0 Å². The lowest BCUT2D eigenvalue weighted by Crippen LogP contribution is -2.32. The molecule has 7 heteroatoms. The van der Waals surface area contributed by atoms with Crippen LogP contribution in [-0.4, -0.2) is 36.0 Å². The van der Waals surface area contributed by atoms with Crippen LogP contribution in [0.1, 0.15) is 35.7 Å². The molecule has 0 saturated carbocycles. The first-order valence-corrected chi connectivity index (χ1v) is 10.7. The van der Waals surface area contributed by atoms with Crippen molar-refractivity contribution >= 4 is 33.8 Å². The molecule has 0 radical (unpaired) electrons. The lowest BCUT2D eigenvalue weighted by atomic mass is 9.83. The molecule has 0 atom stereocenters. The van der Waals surface area contributed by atoms with E-state index >= 15 is 0 Å². The fraction of sp³-hybridized carbons (Fsp3) is 0.208. The van der Waals surface area contributed by atoms with Crippen LogP contribution in [0.25, 0.3) is 0 Å². The summed E-state index contributed by atoms with van der Waals surface area (Å²) in [6.07, 6.45) is 2.86. The van der Waals surface area contributed by atoms with Crippen molar-refractivity contribution in [3.05, 3.63) is 93.7 Å². The highest BCUT2D eigenvalue weighted by Gasteiger charge is 2.36. The maximum absolute atomic E-state index is 13.2. The third-order valence-electron chi connectivity index (χ3n) is 4.64. The molecular formula is C24H22BrNO5. The van der Waals surface area contributed by atoms with Gasteiger partial charge in [-0.25, -0.2) is 9.59 Å². The summed E-state index contributed by atoms with van der Waals surface area (Å²) in [6.45, 7) is 3.72. The van der Waals surface area contributed by atoms with E-state index in [2.05, 4.69) is 15.9 Å². The Morgan fingerprint density at radius 1 is 0.871 bits per heavy atom. The Kier molecular flexibility index (Phi) is 7.41. The van der Waals surface area contributed by atoms with Crippen LogP contribution >= 0.6 is 15.9 Å². The first-order valence-electron chi connectivity index (χ1n) is 9.87. The molecule has 1 heterocycles. The van der Waals surface area contributed by atoms with E-state index in [0.717, 1.165) is 10.0 Å². The van der Waals surface area contributed by atoms with Crippen LogP contribution in [0, 0.1) is 0 Å². The number of halogens is 1. The van der Waals surface area contributed by atoms with Gasteiger partial charge in [-0.2, -0.15) is 0 Å². The number of amides is 1. The number of hydrogen-bond acceptors (Lipinski definition) is 5. The van der Waals surface area contributed by atoms with Gasteiger partial charge in [0.25, 0.3) is 5.91 Å². The van der Waals surface area contributed by atoms with Gasteiger partial charge in [-0.05, 0) is 37.6 Å². The Labute approximate surface area is 189 Å². The van der Waals surface area contributed by atoms with Crippen LogP contribution in [0.3, 0.4) is 0 Å². The molecule has 160 valence electrons. The fourth-order valence-electron chi connectivity index (χ4n) is 3.32. The van der Waals surface area contributed by atoms with Crippen LogP contribution in [-0.2, 0) is 19.1 Å². The highest BCUT2D eigenvalue weighted by molar-refractivity contribution is 9.10. The predicted molar refractivity (Wildman–Crippen MR) is 119 cm³/mol. The Bertz CT molecular complexity index is 1010. The second kappa shape index (κ2) is 10.2. The van der Waals surface area contributed by atoms with Crippen molar-refractivity contribution in [2.45, 2.75) is 19.8 Å². The molecule has 1 aliphatic rings. The first kappa shape index (κ1) is 22.5. The highest BCUT2D eigenvalue weighted by Crippen LogP contribution is 2.37. The standard InChI is InChI=1S/C24H22BrNO5/c1-3-30-23(28)19-14-26(22(27)17-11-8-12-18(25)13-17)15-20(24(29)31-4-2)21(19)16-9-6-5-7-10-16/h5-15,21H,3-4H2,1-2H3. The largest absolute Gasteiger partial charge is 0.463 e. The smallest absolute Gasteiger partial charge is 0.336 e. The summed E-state index contributed by atoms with van der Waals surface area (Å²) in [5, 5.41) is 0. The van der Waals surface area contributed by atoms with E-state index in [1.807, 2.05) is 30.3 Å². The third kappa shape index (κ3) is 5.11. The number of rotatable bonds is 6. The molecule has 1 amide bonds. The van der Waals surface area contributed by atoms with Gasteiger partial charge in [0.15, 0.2) is 0 Å². The molecule has 3 rings (SSSR count). The van der Waals surface area contributed by atoms with Crippen molar-refractivity contribution in [1.29, 1.82) is 0 Å². The van der Waals surface area contributed by atoms with Crippen molar-refractivity contribution in [2.75, 3.05) is 13.2 Å². The fourth-order valence-corrected chi connectivity index (χ4v) is 3.72. The number of carbonyl (C=O) groups is 3. The summed E-state index contributed by atoms with van der Waals surface area (Å²) in [7, 11) is 0. The zero-order valence-electron chi connectivity index (χ0n) is 17.2. The van der Waals surface area contributed by atoms with Gasteiger partial charge in [0, 0.05) is 22.4 Å². The van der Waals surface area contributed by atoms with Gasteiger partial charge >= 0.3 is 11.9 Å². The first-order chi connectivity index (χ1) is 15.0. The Morgan fingerprint density at radius 2 is 1.45 bits per heavy atom. The van der Waals surface area contributed by atoms with E-state index in [0.29, 0.717) is 5.56 Å². The monoisotopic (exact) mass is 483 g/mol. The Balaban J connectivity index is 2.13. The minimum absolute atomic E-state index is 0.162. The lowest BCUT2D eigenvalue weighted by Gasteiger charge is -2.29. The predicted octanol–water partition coefficient (Wildman–Crippen LogP) is 4.58. The van der Waals surface area contributed by atoms with Gasteiger partial charge in [-0.15, -0.1) is 0 Å². The maximum atomic E-state index is 13.2. The van der Waals surface area contributed by atoms with E-state index in [-0.39, 0.29) is 24.4 Å². The second-order valence-corrected chi connectivity index (χ2v) is 7.59. The van der Waals surface area contributed by atoms with Gasteiger partial charge in [0.05, 0.1) is 30.3 Å². The summed E-state index contributed by atoms with van der Waals surface area (Å²) < 4.78 is 11.2. The number of esters is 2. The molecular weight excluding hydrogens is 462 g/mol. The van der Waals surface area contributed by atoms with Crippen molar-refractivity contribution in [3.63, 3.8) is 0 Å². The molecule has 0 aromatic heterocycles. The quantitative estimate of drug-likeness (QED) is 0.562. The zero-order chi connectivity index (χ0) is 22.4. The zero-order valence-corrected chi connectivity index (χ0v) is 18.8. The number of hydrogen-bond donors (Lipinski definition) is 0. The SMILES string of the molecule is CCOC(=O)C1=CN(C(=O)c2cccc(Br)c2)C=C(C(=O)OCC)C1c1ccccc1. The third-order valence-corrected chi connectivity index (χ3v) is 5.13. The number of carbonyl (C=O) groups excluding carboxylic acids is 3. The van der Waals surface area contributed by atoms with Crippen molar-refractivity contribution < 1.29 is 23.9 Å². The van der Waals surface area contributed by atoms with Gasteiger partial charge in [-0.3, -0.25) is 9.69 Å². The summed E-state index contributed by atoms with van der Waals surface area (Å²) in [6, 6.07) is 16.0. The Hall–Kier alpha value is -3.19. The van der Waals surface area contributed by atoms with E-state index in [1.54, 1.807) is 38.1 Å². The van der Waals surface area contributed by atoms with Crippen LogP contribution in [0.4, 0.5) is 0 Å². The topological polar surface area (TPSA) is 72.9 Å². The highest BCUT2D eigenvalue weighted by atomic mass is 79.9. The average Bonchev–Trinajstić information content (AvgIpc) is 2.78. The van der Waals surface area contributed by atoms with Crippen molar-refractivity contribution in [1.82, 2.24) is 4.90 Å².